The Morgan fingerprint density at radius 1 is 1.40 bits per heavy atom. The quantitative estimate of drug-likeness (QED) is 0.879. The molecule has 0 aromatic carbocycles. The summed E-state index contributed by atoms with van der Waals surface area (Å²) in [6.07, 6.45) is 3.80. The monoisotopic (exact) mass is 277 g/mol. The van der Waals surface area contributed by atoms with Gasteiger partial charge in [0.1, 0.15) is 5.54 Å². The number of aryl methyl sites for hydroxylation is 1. The number of carbonyl (C=O) groups is 2. The Hall–Kier alpha value is -1.85. The van der Waals surface area contributed by atoms with Crippen LogP contribution in [0.25, 0.3) is 0 Å². The van der Waals surface area contributed by atoms with E-state index >= 15 is 0 Å². The van der Waals surface area contributed by atoms with Gasteiger partial charge in [0, 0.05) is 19.0 Å². The van der Waals surface area contributed by atoms with E-state index in [4.69, 9.17) is 4.52 Å². The third-order valence-electron chi connectivity index (χ3n) is 4.16. The summed E-state index contributed by atoms with van der Waals surface area (Å²) in [5.41, 5.74) is 0.120. The highest BCUT2D eigenvalue weighted by molar-refractivity contribution is 5.93. The number of carbonyl (C=O) groups excluding carboxylic acids is 2. The van der Waals surface area contributed by atoms with Gasteiger partial charge in [-0.05, 0) is 19.8 Å². The van der Waals surface area contributed by atoms with E-state index in [1.807, 2.05) is 13.0 Å². The van der Waals surface area contributed by atoms with Crippen molar-refractivity contribution in [1.29, 1.82) is 0 Å². The largest absolute Gasteiger partial charge is 0.359 e. The van der Waals surface area contributed by atoms with Crippen LogP contribution in [0.2, 0.25) is 0 Å². The fourth-order valence-electron chi connectivity index (χ4n) is 3.17. The van der Waals surface area contributed by atoms with E-state index in [0.29, 0.717) is 25.3 Å². The maximum Gasteiger partial charge on any atom is 0.248 e. The predicted octanol–water partition coefficient (Wildman–Crippen LogP) is 1.14. The second-order valence-electron chi connectivity index (χ2n) is 5.75. The molecule has 20 heavy (non-hydrogen) atoms. The fraction of sp³-hybridized carbons (Fsp3) is 0.643. The minimum atomic E-state index is -0.678. The molecule has 2 fully saturated rings. The number of rotatable bonds is 2. The van der Waals surface area contributed by atoms with Crippen LogP contribution in [0.4, 0.5) is 0 Å². The number of hydrogen-bond donors (Lipinski definition) is 1. The second kappa shape index (κ2) is 4.92. The molecule has 0 bridgehead atoms. The first kappa shape index (κ1) is 13.1. The van der Waals surface area contributed by atoms with E-state index in [1.54, 1.807) is 4.90 Å². The topological polar surface area (TPSA) is 75.4 Å². The minimum Gasteiger partial charge on any atom is -0.359 e. The molecule has 0 radical (unpaired) electrons. The van der Waals surface area contributed by atoms with Crippen molar-refractivity contribution < 1.29 is 14.1 Å². The SMILES string of the molecule is Cc1cc(CN2CCC(=O)NC3(CCCC3)C2=O)on1. The zero-order valence-corrected chi connectivity index (χ0v) is 11.6. The average molecular weight is 277 g/mol. The molecule has 2 aliphatic rings. The van der Waals surface area contributed by atoms with Crippen LogP contribution in [0, 0.1) is 6.92 Å². The molecule has 108 valence electrons. The molecule has 0 atom stereocenters. The molecule has 1 saturated heterocycles. The maximum absolute atomic E-state index is 12.8. The van der Waals surface area contributed by atoms with Crippen LogP contribution < -0.4 is 5.32 Å². The van der Waals surface area contributed by atoms with Crippen molar-refractivity contribution in [3.05, 3.63) is 17.5 Å². The van der Waals surface area contributed by atoms with Gasteiger partial charge in [0.2, 0.25) is 11.8 Å². The second-order valence-corrected chi connectivity index (χ2v) is 5.75. The van der Waals surface area contributed by atoms with Crippen LogP contribution in [-0.2, 0) is 16.1 Å². The number of hydrogen-bond acceptors (Lipinski definition) is 4. The molecule has 6 nitrogen and oxygen atoms in total. The molecule has 1 aromatic rings. The summed E-state index contributed by atoms with van der Waals surface area (Å²) in [6, 6.07) is 1.83. The van der Waals surface area contributed by atoms with Crippen LogP contribution in [0.5, 0.6) is 0 Å². The molecule has 1 spiro atoms. The standard InChI is InChI=1S/C14H19N3O3/c1-10-8-11(20-16-10)9-17-7-4-12(18)15-14(13(17)19)5-2-3-6-14/h8H,2-7,9H2,1H3,(H,15,18). The van der Waals surface area contributed by atoms with Gasteiger partial charge < -0.3 is 14.7 Å². The third-order valence-corrected chi connectivity index (χ3v) is 4.16. The Bertz CT molecular complexity index is 532. The third kappa shape index (κ3) is 2.30. The highest BCUT2D eigenvalue weighted by Crippen LogP contribution is 2.33. The number of aromatic nitrogens is 1. The van der Waals surface area contributed by atoms with Crippen molar-refractivity contribution in [2.75, 3.05) is 6.54 Å². The number of amides is 2. The lowest BCUT2D eigenvalue weighted by Gasteiger charge is -2.31. The van der Waals surface area contributed by atoms with Gasteiger partial charge >= 0.3 is 0 Å². The molecule has 1 aliphatic carbocycles. The van der Waals surface area contributed by atoms with Crippen LogP contribution in [0.1, 0.15) is 43.6 Å². The van der Waals surface area contributed by atoms with E-state index in [-0.39, 0.29) is 11.8 Å². The van der Waals surface area contributed by atoms with Crippen LogP contribution in [0.3, 0.4) is 0 Å². The lowest BCUT2D eigenvalue weighted by atomic mass is 9.96. The highest BCUT2D eigenvalue weighted by atomic mass is 16.5. The van der Waals surface area contributed by atoms with Gasteiger partial charge in [-0.3, -0.25) is 9.59 Å². The van der Waals surface area contributed by atoms with Crippen molar-refractivity contribution in [3.8, 4) is 0 Å². The van der Waals surface area contributed by atoms with Gasteiger partial charge in [0.05, 0.1) is 12.2 Å². The van der Waals surface area contributed by atoms with Crippen molar-refractivity contribution in [3.63, 3.8) is 0 Å². The fourth-order valence-corrected chi connectivity index (χ4v) is 3.17. The summed E-state index contributed by atoms with van der Waals surface area (Å²) in [5, 5.41) is 6.79. The number of nitrogens with zero attached hydrogens (tertiary/aromatic N) is 2. The molecule has 2 heterocycles. The molecule has 6 heteroatoms. The van der Waals surface area contributed by atoms with Crippen LogP contribution in [0.15, 0.2) is 10.6 Å². The first-order chi connectivity index (χ1) is 9.59. The van der Waals surface area contributed by atoms with Gasteiger partial charge in [-0.1, -0.05) is 18.0 Å². The summed E-state index contributed by atoms with van der Waals surface area (Å²) >= 11 is 0. The Balaban J connectivity index is 1.82. The molecule has 2 amide bonds. The maximum atomic E-state index is 12.8. The van der Waals surface area contributed by atoms with E-state index < -0.39 is 5.54 Å². The summed E-state index contributed by atoms with van der Waals surface area (Å²) in [6.45, 7) is 2.67. The van der Waals surface area contributed by atoms with Crippen LogP contribution in [-0.4, -0.2) is 34.0 Å². The van der Waals surface area contributed by atoms with Gasteiger partial charge in [-0.25, -0.2) is 0 Å². The van der Waals surface area contributed by atoms with Crippen molar-refractivity contribution in [2.24, 2.45) is 0 Å². The molecular weight excluding hydrogens is 258 g/mol. The van der Waals surface area contributed by atoms with E-state index in [2.05, 4.69) is 10.5 Å². The number of nitrogens with one attached hydrogen (secondary N) is 1. The first-order valence-corrected chi connectivity index (χ1v) is 7.12. The van der Waals surface area contributed by atoms with Gasteiger partial charge in [-0.2, -0.15) is 0 Å². The van der Waals surface area contributed by atoms with Crippen molar-refractivity contribution >= 4 is 11.8 Å². The van der Waals surface area contributed by atoms with Gasteiger partial charge in [-0.15, -0.1) is 0 Å². The molecule has 1 N–H and O–H groups in total. The van der Waals surface area contributed by atoms with Crippen LogP contribution >= 0.6 is 0 Å². The molecule has 1 aromatic heterocycles. The lowest BCUT2D eigenvalue weighted by molar-refractivity contribution is -0.139. The highest BCUT2D eigenvalue weighted by Gasteiger charge is 2.46. The zero-order chi connectivity index (χ0) is 14.2. The van der Waals surface area contributed by atoms with Gasteiger partial charge in [0.25, 0.3) is 0 Å². The molecule has 1 aliphatic heterocycles. The summed E-state index contributed by atoms with van der Waals surface area (Å²) < 4.78 is 5.18. The van der Waals surface area contributed by atoms with E-state index in [0.717, 1.165) is 31.4 Å². The normalized spacial score (nSPS) is 22.1. The van der Waals surface area contributed by atoms with Gasteiger partial charge in [0.15, 0.2) is 5.76 Å². The molecular formula is C14H19N3O3. The van der Waals surface area contributed by atoms with E-state index in [9.17, 15) is 9.59 Å². The Morgan fingerprint density at radius 2 is 2.15 bits per heavy atom. The smallest absolute Gasteiger partial charge is 0.248 e. The summed E-state index contributed by atoms with van der Waals surface area (Å²) in [7, 11) is 0. The summed E-state index contributed by atoms with van der Waals surface area (Å²) in [4.78, 5) is 26.4. The lowest BCUT2D eigenvalue weighted by Crippen LogP contribution is -2.55. The van der Waals surface area contributed by atoms with Crippen molar-refractivity contribution in [2.45, 2.75) is 51.1 Å². The average Bonchev–Trinajstić information content (AvgIpc) is 3.01. The Kier molecular flexibility index (Phi) is 3.23. The Labute approximate surface area is 117 Å². The first-order valence-electron chi connectivity index (χ1n) is 7.12. The minimum absolute atomic E-state index is 0.0231. The summed E-state index contributed by atoms with van der Waals surface area (Å²) in [5.74, 6) is 0.657. The molecule has 1 saturated carbocycles. The Morgan fingerprint density at radius 3 is 2.80 bits per heavy atom. The molecule has 3 rings (SSSR count). The van der Waals surface area contributed by atoms with Crippen molar-refractivity contribution in [1.82, 2.24) is 15.4 Å². The zero-order valence-electron chi connectivity index (χ0n) is 11.6. The van der Waals surface area contributed by atoms with E-state index in [1.165, 1.54) is 0 Å². The molecule has 0 unspecified atom stereocenters. The predicted molar refractivity (Wildman–Crippen MR) is 70.6 cm³/mol.